The molecule has 0 radical (unpaired) electrons. The molecule has 32 heavy (non-hydrogen) atoms. The molecule has 1 aromatic heterocycles. The largest absolute Gasteiger partial charge is 0.383 e. The van der Waals surface area contributed by atoms with Crippen molar-refractivity contribution in [3.63, 3.8) is 0 Å². The van der Waals surface area contributed by atoms with Crippen molar-refractivity contribution in [3.8, 4) is 0 Å². The maximum atomic E-state index is 11.5. The molecule has 1 aliphatic heterocycles. The maximum absolute atomic E-state index is 11.5. The number of rotatable bonds is 3. The lowest BCUT2D eigenvalue weighted by Gasteiger charge is -2.42. The molecule has 1 saturated heterocycles. The highest BCUT2D eigenvalue weighted by Gasteiger charge is 2.53. The van der Waals surface area contributed by atoms with Gasteiger partial charge in [-0.05, 0) is 53.6 Å². The number of hydrogen-bond donors (Lipinski definition) is 1. The average molecular weight is 439 g/mol. The lowest BCUT2D eigenvalue weighted by Crippen LogP contribution is -2.47. The molecule has 2 bridgehead atoms. The first-order chi connectivity index (χ1) is 15.7. The number of fused-ring (bicyclic) bond motifs is 9. The van der Waals surface area contributed by atoms with Crippen molar-refractivity contribution in [2.24, 2.45) is 0 Å². The van der Waals surface area contributed by atoms with Crippen LogP contribution in [0.25, 0.3) is 10.2 Å². The Bertz CT molecular complexity index is 1250. The summed E-state index contributed by atoms with van der Waals surface area (Å²) in [4.78, 5) is 7.37. The zero-order chi connectivity index (χ0) is 21.3. The van der Waals surface area contributed by atoms with Gasteiger partial charge in [0.25, 0.3) is 0 Å². The minimum atomic E-state index is -0.804. The SMILES string of the molecule is OC1(c2nc3ccccc3s2)CCN(CC23CC(c4ccccc42)c2ccccc23)CC1. The summed E-state index contributed by atoms with van der Waals surface area (Å²) in [7, 11) is 0. The van der Waals surface area contributed by atoms with Crippen molar-refractivity contribution >= 4 is 21.6 Å². The van der Waals surface area contributed by atoms with Gasteiger partial charge in [0.2, 0.25) is 0 Å². The number of hydrogen-bond acceptors (Lipinski definition) is 4. The van der Waals surface area contributed by atoms with Gasteiger partial charge in [-0.1, -0.05) is 60.7 Å². The predicted molar refractivity (Wildman–Crippen MR) is 129 cm³/mol. The van der Waals surface area contributed by atoms with Crippen molar-refractivity contribution < 1.29 is 5.11 Å². The third-order valence-corrected chi connectivity index (χ3v) is 9.35. The van der Waals surface area contributed by atoms with Crippen LogP contribution in [-0.2, 0) is 11.0 Å². The number of thiazole rings is 1. The maximum Gasteiger partial charge on any atom is 0.126 e. The van der Waals surface area contributed by atoms with Crippen molar-refractivity contribution in [2.75, 3.05) is 19.6 Å². The first kappa shape index (κ1) is 19.0. The lowest BCUT2D eigenvalue weighted by atomic mass is 9.74. The second-order valence-electron chi connectivity index (χ2n) is 9.81. The molecule has 3 aromatic carbocycles. The van der Waals surface area contributed by atoms with Crippen LogP contribution in [0.3, 0.4) is 0 Å². The normalized spacial score (nSPS) is 25.7. The number of para-hydroxylation sites is 1. The van der Waals surface area contributed by atoms with Gasteiger partial charge in [0.15, 0.2) is 0 Å². The van der Waals surface area contributed by atoms with E-state index in [1.807, 2.05) is 18.2 Å². The highest BCUT2D eigenvalue weighted by molar-refractivity contribution is 7.18. The van der Waals surface area contributed by atoms with E-state index < -0.39 is 5.60 Å². The van der Waals surface area contributed by atoms with E-state index in [4.69, 9.17) is 4.98 Å². The summed E-state index contributed by atoms with van der Waals surface area (Å²) in [6, 6.07) is 26.4. The Morgan fingerprint density at radius 2 is 1.50 bits per heavy atom. The van der Waals surface area contributed by atoms with E-state index >= 15 is 0 Å². The van der Waals surface area contributed by atoms with Crippen molar-refractivity contribution in [1.82, 2.24) is 9.88 Å². The molecule has 0 spiro atoms. The van der Waals surface area contributed by atoms with Crippen LogP contribution in [0.1, 0.15) is 52.4 Å². The van der Waals surface area contributed by atoms with Gasteiger partial charge in [-0.2, -0.15) is 0 Å². The van der Waals surface area contributed by atoms with Crippen LogP contribution >= 0.6 is 11.3 Å². The lowest BCUT2D eigenvalue weighted by molar-refractivity contribution is -0.0289. The van der Waals surface area contributed by atoms with Crippen LogP contribution in [0.5, 0.6) is 0 Å². The Morgan fingerprint density at radius 1 is 0.875 bits per heavy atom. The molecule has 1 fully saturated rings. The van der Waals surface area contributed by atoms with Crippen LogP contribution in [-0.4, -0.2) is 34.6 Å². The Balaban J connectivity index is 1.17. The van der Waals surface area contributed by atoms with Crippen LogP contribution in [0.2, 0.25) is 0 Å². The smallest absolute Gasteiger partial charge is 0.126 e. The van der Waals surface area contributed by atoms with E-state index in [1.54, 1.807) is 11.3 Å². The van der Waals surface area contributed by atoms with E-state index in [9.17, 15) is 5.11 Å². The van der Waals surface area contributed by atoms with E-state index in [-0.39, 0.29) is 5.41 Å². The second kappa shape index (κ2) is 6.74. The van der Waals surface area contributed by atoms with Gasteiger partial charge < -0.3 is 10.0 Å². The molecule has 0 unspecified atom stereocenters. The van der Waals surface area contributed by atoms with Gasteiger partial charge in [0.1, 0.15) is 10.6 Å². The molecule has 160 valence electrons. The topological polar surface area (TPSA) is 36.4 Å². The summed E-state index contributed by atoms with van der Waals surface area (Å²) < 4.78 is 1.16. The molecule has 7 rings (SSSR count). The molecular weight excluding hydrogens is 412 g/mol. The molecule has 3 aliphatic rings. The molecule has 4 aromatic rings. The Hall–Kier alpha value is -2.53. The third kappa shape index (κ3) is 2.57. The molecule has 2 aliphatic carbocycles. The molecule has 0 amide bonds. The van der Waals surface area contributed by atoms with Gasteiger partial charge in [-0.3, -0.25) is 0 Å². The minimum Gasteiger partial charge on any atom is -0.383 e. The number of likely N-dealkylation sites (tertiary alicyclic amines) is 1. The standard InChI is InChI=1S/C28H26N2OS/c31-28(26-29-24-11-5-6-12-25(24)32-26)13-15-30(16-14-28)18-27-17-21(19-7-1-3-9-22(19)27)20-8-2-4-10-23(20)27/h1-12,21,31H,13-18H2. The first-order valence-corrected chi connectivity index (χ1v) is 12.5. The molecular formula is C28H26N2OS. The van der Waals surface area contributed by atoms with E-state index in [2.05, 4.69) is 59.5 Å². The minimum absolute atomic E-state index is 0.0865. The Kier molecular flexibility index (Phi) is 4.00. The summed E-state index contributed by atoms with van der Waals surface area (Å²) in [6.07, 6.45) is 2.68. The number of aliphatic hydroxyl groups is 1. The summed E-state index contributed by atoms with van der Waals surface area (Å²) in [5, 5.41) is 12.4. The average Bonchev–Trinajstić information content (AvgIpc) is 3.51. The fraction of sp³-hybridized carbons (Fsp3) is 0.321. The molecule has 0 saturated carbocycles. The van der Waals surface area contributed by atoms with Crippen LogP contribution < -0.4 is 0 Å². The fourth-order valence-corrected chi connectivity index (χ4v) is 7.67. The third-order valence-electron chi connectivity index (χ3n) is 8.12. The van der Waals surface area contributed by atoms with Gasteiger partial charge in [0.05, 0.1) is 10.2 Å². The summed E-state index contributed by atoms with van der Waals surface area (Å²) in [6.45, 7) is 2.85. The van der Waals surface area contributed by atoms with Crippen LogP contribution in [0.4, 0.5) is 0 Å². The Morgan fingerprint density at radius 3 is 2.19 bits per heavy atom. The fourth-order valence-electron chi connectivity index (χ4n) is 6.56. The Labute approximate surface area is 192 Å². The van der Waals surface area contributed by atoms with Gasteiger partial charge in [-0.15, -0.1) is 11.3 Å². The summed E-state index contributed by atoms with van der Waals surface area (Å²) in [5.41, 5.74) is 6.37. The van der Waals surface area contributed by atoms with Crippen LogP contribution in [0, 0.1) is 0 Å². The zero-order valence-corrected chi connectivity index (χ0v) is 18.8. The molecule has 3 nitrogen and oxygen atoms in total. The summed E-state index contributed by atoms with van der Waals surface area (Å²) in [5.74, 6) is 0.534. The molecule has 4 heteroatoms. The quantitative estimate of drug-likeness (QED) is 0.464. The number of aromatic nitrogens is 1. The van der Waals surface area contributed by atoms with Crippen molar-refractivity contribution in [1.29, 1.82) is 0 Å². The van der Waals surface area contributed by atoms with E-state index in [1.165, 1.54) is 28.7 Å². The highest BCUT2D eigenvalue weighted by Crippen LogP contribution is 2.60. The molecule has 1 N–H and O–H groups in total. The van der Waals surface area contributed by atoms with E-state index in [0.29, 0.717) is 5.92 Å². The van der Waals surface area contributed by atoms with Gasteiger partial charge in [-0.25, -0.2) is 4.98 Å². The van der Waals surface area contributed by atoms with Gasteiger partial charge >= 0.3 is 0 Å². The van der Waals surface area contributed by atoms with Crippen LogP contribution in [0.15, 0.2) is 72.8 Å². The van der Waals surface area contributed by atoms with E-state index in [0.717, 1.165) is 47.7 Å². The first-order valence-electron chi connectivity index (χ1n) is 11.7. The highest BCUT2D eigenvalue weighted by atomic mass is 32.1. The second-order valence-corrected chi connectivity index (χ2v) is 10.8. The number of benzene rings is 3. The van der Waals surface area contributed by atoms with Gasteiger partial charge in [0, 0.05) is 31.0 Å². The predicted octanol–water partition coefficient (Wildman–Crippen LogP) is 5.42. The van der Waals surface area contributed by atoms with Crippen molar-refractivity contribution in [3.05, 3.63) is 100 Å². The summed E-state index contributed by atoms with van der Waals surface area (Å²) >= 11 is 1.65. The van der Waals surface area contributed by atoms with Crippen molar-refractivity contribution in [2.45, 2.75) is 36.2 Å². The molecule has 0 atom stereocenters. The monoisotopic (exact) mass is 438 g/mol. The number of nitrogens with zero attached hydrogens (tertiary/aromatic N) is 2. The molecule has 2 heterocycles. The number of piperidine rings is 1. The zero-order valence-electron chi connectivity index (χ0n) is 18.0.